The number of carbonyl (C=O) groups excluding carboxylic acids is 2. The predicted molar refractivity (Wildman–Crippen MR) is 112 cm³/mol. The molecule has 0 saturated carbocycles. The van der Waals surface area contributed by atoms with Crippen LogP contribution in [0.3, 0.4) is 0 Å². The van der Waals surface area contributed by atoms with Crippen LogP contribution < -0.4 is 10.6 Å². The minimum atomic E-state index is -0.328. The highest BCUT2D eigenvalue weighted by atomic mass is 32.2. The molecule has 2 aromatic rings. The van der Waals surface area contributed by atoms with Crippen LogP contribution in [0, 0.1) is 12.7 Å². The lowest BCUT2D eigenvalue weighted by molar-refractivity contribution is -0.133. The Labute approximate surface area is 173 Å². The number of halogens is 1. The molecular weight excluding hydrogens is 391 g/mol. The van der Waals surface area contributed by atoms with Crippen LogP contribution in [0.4, 0.5) is 10.1 Å². The van der Waals surface area contributed by atoms with E-state index in [2.05, 4.69) is 15.6 Å². The Hall–Kier alpha value is -2.45. The molecule has 4 rings (SSSR count). The maximum Gasteiger partial charge on any atom is 0.274 e. The summed E-state index contributed by atoms with van der Waals surface area (Å²) in [5.74, 6) is 0.172. The van der Waals surface area contributed by atoms with Gasteiger partial charge in [0.1, 0.15) is 11.5 Å². The van der Waals surface area contributed by atoms with Gasteiger partial charge in [-0.2, -0.15) is 0 Å². The first-order valence-corrected chi connectivity index (χ1v) is 10.5. The molecular formula is C21H23FN4O2S. The lowest BCUT2D eigenvalue weighted by Crippen LogP contribution is -2.67. The van der Waals surface area contributed by atoms with Crippen LogP contribution in [0.5, 0.6) is 0 Å². The molecule has 0 radical (unpaired) electrons. The van der Waals surface area contributed by atoms with Gasteiger partial charge in [-0.25, -0.2) is 4.39 Å². The molecule has 1 aromatic heterocycles. The van der Waals surface area contributed by atoms with Crippen molar-refractivity contribution in [2.24, 2.45) is 0 Å². The van der Waals surface area contributed by atoms with Gasteiger partial charge >= 0.3 is 0 Å². The number of anilines is 1. The van der Waals surface area contributed by atoms with E-state index in [1.807, 2.05) is 17.9 Å². The second-order valence-electron chi connectivity index (χ2n) is 7.71. The molecule has 3 heterocycles. The maximum absolute atomic E-state index is 14.5. The molecule has 2 aliphatic rings. The van der Waals surface area contributed by atoms with E-state index < -0.39 is 0 Å². The Balaban J connectivity index is 1.42. The highest BCUT2D eigenvalue weighted by Gasteiger charge is 2.47. The summed E-state index contributed by atoms with van der Waals surface area (Å²) in [6.07, 6.45) is 1.64. The fourth-order valence-electron chi connectivity index (χ4n) is 3.64. The van der Waals surface area contributed by atoms with Gasteiger partial charge in [-0.1, -0.05) is 6.07 Å². The number of hydrogen-bond acceptors (Lipinski definition) is 5. The van der Waals surface area contributed by atoms with Crippen molar-refractivity contribution in [3.63, 3.8) is 0 Å². The zero-order chi connectivity index (χ0) is 20.6. The molecule has 8 heteroatoms. The number of benzene rings is 1. The molecule has 2 fully saturated rings. The quantitative estimate of drug-likeness (QED) is 0.808. The van der Waals surface area contributed by atoms with Crippen LogP contribution in [0.2, 0.25) is 0 Å². The monoisotopic (exact) mass is 414 g/mol. The van der Waals surface area contributed by atoms with Crippen molar-refractivity contribution < 1.29 is 14.0 Å². The summed E-state index contributed by atoms with van der Waals surface area (Å²) in [5, 5.41) is 6.22. The van der Waals surface area contributed by atoms with Crippen molar-refractivity contribution in [3.05, 3.63) is 59.2 Å². The molecule has 2 N–H and O–H groups in total. The first kappa shape index (κ1) is 19.8. The van der Waals surface area contributed by atoms with Crippen molar-refractivity contribution in [1.82, 2.24) is 15.2 Å². The zero-order valence-electron chi connectivity index (χ0n) is 16.4. The predicted octanol–water partition coefficient (Wildman–Crippen LogP) is 2.76. The van der Waals surface area contributed by atoms with E-state index >= 15 is 0 Å². The van der Waals surface area contributed by atoms with Gasteiger partial charge in [-0.15, -0.1) is 11.8 Å². The van der Waals surface area contributed by atoms with Gasteiger partial charge < -0.3 is 15.5 Å². The lowest BCUT2D eigenvalue weighted by Gasteiger charge is -2.52. The molecule has 0 aliphatic carbocycles. The lowest BCUT2D eigenvalue weighted by atomic mass is 9.97. The minimum Gasteiger partial charge on any atom is -0.340 e. The summed E-state index contributed by atoms with van der Waals surface area (Å²) >= 11 is 1.78. The van der Waals surface area contributed by atoms with Crippen LogP contribution in [-0.4, -0.2) is 51.8 Å². The molecule has 2 saturated heterocycles. The Morgan fingerprint density at radius 3 is 2.72 bits per heavy atom. The normalized spacial score (nSPS) is 20.2. The standard InChI is InChI=1S/C21H23FN4O2S/c1-13-3-6-18(23-8-13)20(28)25-15-4-5-17(22)16(7-15)19-9-29-21(10-24-19)11-26(12-21)14(2)27/h3-8,19,24H,9-12H2,1-2H3,(H,25,28). The van der Waals surface area contributed by atoms with Gasteiger partial charge in [0, 0.05) is 55.8 Å². The molecule has 6 nitrogen and oxygen atoms in total. The highest BCUT2D eigenvalue weighted by molar-refractivity contribution is 8.00. The van der Waals surface area contributed by atoms with Crippen LogP contribution >= 0.6 is 11.8 Å². The van der Waals surface area contributed by atoms with Gasteiger partial charge in [-0.05, 0) is 36.8 Å². The third kappa shape index (κ3) is 4.13. The van der Waals surface area contributed by atoms with Crippen LogP contribution in [0.25, 0.3) is 0 Å². The smallest absolute Gasteiger partial charge is 0.274 e. The Kier molecular flexibility index (Phi) is 5.31. The Bertz CT molecular complexity index is 934. The third-order valence-corrected chi connectivity index (χ3v) is 6.92. The Morgan fingerprint density at radius 2 is 2.10 bits per heavy atom. The average molecular weight is 415 g/mol. The molecule has 1 aromatic carbocycles. The van der Waals surface area contributed by atoms with Gasteiger partial charge in [0.05, 0.1) is 4.75 Å². The number of aryl methyl sites for hydroxylation is 1. The second-order valence-corrected chi connectivity index (χ2v) is 9.20. The van der Waals surface area contributed by atoms with Gasteiger partial charge in [0.15, 0.2) is 0 Å². The zero-order valence-corrected chi connectivity index (χ0v) is 17.2. The van der Waals surface area contributed by atoms with Crippen LogP contribution in [0.1, 0.15) is 34.6 Å². The number of amides is 2. The maximum atomic E-state index is 14.5. The summed E-state index contributed by atoms with van der Waals surface area (Å²) < 4.78 is 14.5. The van der Waals surface area contributed by atoms with E-state index in [9.17, 15) is 14.0 Å². The number of carbonyl (C=O) groups is 2. The first-order valence-electron chi connectivity index (χ1n) is 9.52. The summed E-state index contributed by atoms with van der Waals surface area (Å²) in [5.41, 5.74) is 2.36. The number of hydrogen-bond donors (Lipinski definition) is 2. The van der Waals surface area contributed by atoms with Crippen LogP contribution in [0.15, 0.2) is 36.5 Å². The van der Waals surface area contributed by atoms with Gasteiger partial charge in [0.25, 0.3) is 5.91 Å². The molecule has 2 aliphatic heterocycles. The number of rotatable bonds is 3. The van der Waals surface area contributed by atoms with E-state index in [1.54, 1.807) is 43.1 Å². The number of likely N-dealkylation sites (tertiary alicyclic amines) is 1. The van der Waals surface area contributed by atoms with Crippen molar-refractivity contribution in [2.75, 3.05) is 30.7 Å². The van der Waals surface area contributed by atoms with Crippen molar-refractivity contribution >= 4 is 29.3 Å². The summed E-state index contributed by atoms with van der Waals surface area (Å²) in [4.78, 5) is 29.8. The second kappa shape index (κ2) is 7.76. The van der Waals surface area contributed by atoms with Crippen molar-refractivity contribution in [2.45, 2.75) is 24.6 Å². The SMILES string of the molecule is CC(=O)N1CC2(CNC(c3cc(NC(=O)c4ccc(C)cn4)ccc3F)CS2)C1. The summed E-state index contributed by atoms with van der Waals surface area (Å²) in [7, 11) is 0. The number of pyridine rings is 1. The van der Waals surface area contributed by atoms with Crippen molar-refractivity contribution in [3.8, 4) is 0 Å². The fourth-order valence-corrected chi connectivity index (χ4v) is 5.14. The number of aromatic nitrogens is 1. The molecule has 1 unspecified atom stereocenters. The third-order valence-electron chi connectivity index (χ3n) is 5.40. The number of thioether (sulfide) groups is 1. The highest BCUT2D eigenvalue weighted by Crippen LogP contribution is 2.41. The Morgan fingerprint density at radius 1 is 1.31 bits per heavy atom. The molecule has 152 valence electrons. The van der Waals surface area contributed by atoms with E-state index in [4.69, 9.17) is 0 Å². The topological polar surface area (TPSA) is 74.3 Å². The van der Waals surface area contributed by atoms with Gasteiger partial charge in [0.2, 0.25) is 5.91 Å². The molecule has 1 spiro atoms. The summed E-state index contributed by atoms with van der Waals surface area (Å²) in [6.45, 7) is 5.67. The van der Waals surface area contributed by atoms with E-state index in [0.717, 1.165) is 25.2 Å². The molecule has 29 heavy (non-hydrogen) atoms. The number of nitrogens with zero attached hydrogens (tertiary/aromatic N) is 2. The number of nitrogens with one attached hydrogen (secondary N) is 2. The molecule has 2 amide bonds. The fraction of sp³-hybridized carbons (Fsp3) is 0.381. The first-order chi connectivity index (χ1) is 13.8. The minimum absolute atomic E-state index is 0.0293. The van der Waals surface area contributed by atoms with E-state index in [0.29, 0.717) is 22.7 Å². The van der Waals surface area contributed by atoms with Gasteiger partial charge in [-0.3, -0.25) is 14.6 Å². The average Bonchev–Trinajstić information content (AvgIpc) is 2.68. The van der Waals surface area contributed by atoms with Crippen molar-refractivity contribution in [1.29, 1.82) is 0 Å². The largest absolute Gasteiger partial charge is 0.340 e. The molecule has 0 bridgehead atoms. The van der Waals surface area contributed by atoms with E-state index in [1.165, 1.54) is 6.07 Å². The summed E-state index contributed by atoms with van der Waals surface area (Å²) in [6, 6.07) is 7.96. The molecule has 1 atom stereocenters. The van der Waals surface area contributed by atoms with E-state index in [-0.39, 0.29) is 28.4 Å². The van der Waals surface area contributed by atoms with Crippen LogP contribution in [-0.2, 0) is 4.79 Å².